The number of carbonyl (C=O) groups excluding carboxylic acids is 2. The first-order valence-electron chi connectivity index (χ1n) is 9.65. The molecule has 4 aromatic rings. The van der Waals surface area contributed by atoms with Crippen molar-refractivity contribution >= 4 is 61.8 Å². The molecule has 0 bridgehead atoms. The number of esters is 1. The minimum atomic E-state index is -0.620. The summed E-state index contributed by atoms with van der Waals surface area (Å²) in [6.07, 6.45) is 0. The van der Waals surface area contributed by atoms with Crippen molar-refractivity contribution in [1.82, 2.24) is 4.98 Å². The van der Waals surface area contributed by atoms with Gasteiger partial charge in [0.1, 0.15) is 0 Å². The van der Waals surface area contributed by atoms with Crippen LogP contribution >= 0.6 is 39.1 Å². The Morgan fingerprint density at radius 2 is 1.72 bits per heavy atom. The summed E-state index contributed by atoms with van der Waals surface area (Å²) < 4.78 is 6.20. The Hall–Kier alpha value is -2.73. The van der Waals surface area contributed by atoms with Gasteiger partial charge < -0.3 is 4.74 Å². The predicted octanol–water partition coefficient (Wildman–Crippen LogP) is 7.32. The predicted molar refractivity (Wildman–Crippen MR) is 131 cm³/mol. The number of pyridine rings is 1. The fourth-order valence-corrected chi connectivity index (χ4v) is 4.47. The zero-order valence-corrected chi connectivity index (χ0v) is 20.0. The Morgan fingerprint density at radius 3 is 2.44 bits per heavy atom. The van der Waals surface area contributed by atoms with Gasteiger partial charge >= 0.3 is 5.97 Å². The van der Waals surface area contributed by atoms with Gasteiger partial charge in [0.05, 0.1) is 21.8 Å². The Balaban J connectivity index is 1.70. The third-order valence-corrected chi connectivity index (χ3v) is 5.93. The smallest absolute Gasteiger partial charge is 0.339 e. The van der Waals surface area contributed by atoms with Crippen LogP contribution in [-0.2, 0) is 4.74 Å². The van der Waals surface area contributed by atoms with E-state index in [1.54, 1.807) is 12.1 Å². The second kappa shape index (κ2) is 9.41. The van der Waals surface area contributed by atoms with Crippen LogP contribution in [-0.4, -0.2) is 23.3 Å². The highest BCUT2D eigenvalue weighted by Gasteiger charge is 2.19. The number of ether oxygens (including phenoxy) is 1. The Labute approximate surface area is 203 Å². The van der Waals surface area contributed by atoms with Crippen LogP contribution in [0.3, 0.4) is 0 Å². The average molecular weight is 529 g/mol. The second-order valence-electron chi connectivity index (χ2n) is 7.16. The normalized spacial score (nSPS) is 10.9. The van der Waals surface area contributed by atoms with Crippen molar-refractivity contribution in [2.45, 2.75) is 6.92 Å². The number of carbonyl (C=O) groups is 2. The minimum absolute atomic E-state index is 0.207. The molecule has 160 valence electrons. The molecule has 0 unspecified atom stereocenters. The molecule has 0 N–H and O–H groups in total. The molecule has 0 fully saturated rings. The number of benzene rings is 3. The number of aryl methyl sites for hydroxylation is 1. The van der Waals surface area contributed by atoms with Gasteiger partial charge in [0.2, 0.25) is 5.78 Å². The molecule has 0 atom stereocenters. The highest BCUT2D eigenvalue weighted by atomic mass is 79.9. The lowest BCUT2D eigenvalue weighted by molar-refractivity contribution is 0.0476. The molecular weight excluding hydrogens is 513 g/mol. The molecule has 0 radical (unpaired) electrons. The minimum Gasteiger partial charge on any atom is -0.454 e. The molecule has 1 aromatic heterocycles. The molecule has 32 heavy (non-hydrogen) atoms. The van der Waals surface area contributed by atoms with Crippen LogP contribution in [0.25, 0.3) is 22.2 Å². The lowest BCUT2D eigenvalue weighted by Crippen LogP contribution is -2.15. The van der Waals surface area contributed by atoms with E-state index in [0.29, 0.717) is 27.2 Å². The summed E-state index contributed by atoms with van der Waals surface area (Å²) >= 11 is 15.5. The molecule has 4 rings (SSSR count). The third kappa shape index (κ3) is 4.70. The van der Waals surface area contributed by atoms with Gasteiger partial charge in [0.25, 0.3) is 0 Å². The average Bonchev–Trinajstić information content (AvgIpc) is 2.77. The van der Waals surface area contributed by atoms with Crippen LogP contribution in [0.1, 0.15) is 26.3 Å². The lowest BCUT2D eigenvalue weighted by atomic mass is 10.0. The zero-order valence-electron chi connectivity index (χ0n) is 16.9. The van der Waals surface area contributed by atoms with Gasteiger partial charge in [-0.05, 0) is 48.9 Å². The highest BCUT2D eigenvalue weighted by Crippen LogP contribution is 2.30. The van der Waals surface area contributed by atoms with Crippen LogP contribution in [0.5, 0.6) is 0 Å². The van der Waals surface area contributed by atoms with Crippen LogP contribution in [0.2, 0.25) is 10.0 Å². The van der Waals surface area contributed by atoms with Gasteiger partial charge in [-0.25, -0.2) is 9.78 Å². The fourth-order valence-electron chi connectivity index (χ4n) is 3.38. The van der Waals surface area contributed by atoms with E-state index in [2.05, 4.69) is 15.9 Å². The second-order valence-corrected chi connectivity index (χ2v) is 8.92. The number of halogens is 3. The lowest BCUT2D eigenvalue weighted by Gasteiger charge is -2.12. The molecule has 0 saturated heterocycles. The van der Waals surface area contributed by atoms with E-state index in [0.717, 1.165) is 15.6 Å². The van der Waals surface area contributed by atoms with Gasteiger partial charge in [0.15, 0.2) is 6.61 Å². The van der Waals surface area contributed by atoms with Gasteiger partial charge in [-0.1, -0.05) is 69.5 Å². The van der Waals surface area contributed by atoms with Crippen LogP contribution in [0, 0.1) is 6.92 Å². The van der Waals surface area contributed by atoms with Crippen molar-refractivity contribution in [2.24, 2.45) is 0 Å². The Bertz CT molecular complexity index is 1360. The van der Waals surface area contributed by atoms with E-state index in [-0.39, 0.29) is 10.6 Å². The van der Waals surface area contributed by atoms with Gasteiger partial charge in [-0.15, -0.1) is 0 Å². The fraction of sp³-hybridized carbons (Fsp3) is 0.0800. The van der Waals surface area contributed by atoms with Crippen molar-refractivity contribution in [3.63, 3.8) is 0 Å². The Kier molecular flexibility index (Phi) is 6.60. The molecule has 0 amide bonds. The summed E-state index contributed by atoms with van der Waals surface area (Å²) in [7, 11) is 0. The molecule has 0 aliphatic rings. The third-order valence-electron chi connectivity index (χ3n) is 4.92. The first-order chi connectivity index (χ1) is 15.3. The van der Waals surface area contributed by atoms with E-state index in [4.69, 9.17) is 32.9 Å². The van der Waals surface area contributed by atoms with Gasteiger partial charge in [-0.2, -0.15) is 0 Å². The molecule has 4 nitrogen and oxygen atoms in total. The highest BCUT2D eigenvalue weighted by molar-refractivity contribution is 9.10. The summed E-state index contributed by atoms with van der Waals surface area (Å²) in [6, 6.07) is 19.5. The molecule has 0 aliphatic carbocycles. The molecule has 7 heteroatoms. The maximum Gasteiger partial charge on any atom is 0.339 e. The summed E-state index contributed by atoms with van der Waals surface area (Å²) in [5.41, 5.74) is 3.68. The van der Waals surface area contributed by atoms with Crippen LogP contribution in [0.15, 0.2) is 71.2 Å². The number of ketones is 1. The summed E-state index contributed by atoms with van der Waals surface area (Å²) in [5.74, 6) is -1.04. The standard InChI is InChI=1S/C25H16BrCl2NO3/c1-14-9-16(26)10-19-20(12-22(29-24(14)19)15-5-3-2-4-6-15)25(31)32-13-23(30)18-8-7-17(27)11-21(18)28/h2-12H,13H2,1H3. The number of hydrogen-bond donors (Lipinski definition) is 0. The summed E-state index contributed by atoms with van der Waals surface area (Å²) in [4.78, 5) is 30.4. The molecule has 0 spiro atoms. The first-order valence-corrected chi connectivity index (χ1v) is 11.2. The molecular formula is C25H16BrCl2NO3. The molecule has 0 saturated carbocycles. The topological polar surface area (TPSA) is 56.3 Å². The first kappa shape index (κ1) is 22.5. The molecule has 1 heterocycles. The molecule has 0 aliphatic heterocycles. The largest absolute Gasteiger partial charge is 0.454 e. The van der Waals surface area contributed by atoms with E-state index >= 15 is 0 Å². The van der Waals surface area contributed by atoms with Gasteiger partial charge in [-0.3, -0.25) is 4.79 Å². The van der Waals surface area contributed by atoms with Crippen LogP contribution < -0.4 is 0 Å². The van der Waals surface area contributed by atoms with Crippen molar-refractivity contribution in [3.8, 4) is 11.3 Å². The van der Waals surface area contributed by atoms with Gasteiger partial charge in [0, 0.05) is 26.0 Å². The summed E-state index contributed by atoms with van der Waals surface area (Å²) in [6.45, 7) is 1.48. The van der Waals surface area contributed by atoms with Crippen molar-refractivity contribution in [3.05, 3.63) is 97.9 Å². The quantitative estimate of drug-likeness (QED) is 0.201. The van der Waals surface area contributed by atoms with E-state index in [1.165, 1.54) is 12.1 Å². The monoisotopic (exact) mass is 527 g/mol. The number of nitrogens with zero attached hydrogens (tertiary/aromatic N) is 1. The number of aromatic nitrogens is 1. The van der Waals surface area contributed by atoms with Crippen molar-refractivity contribution in [2.75, 3.05) is 6.61 Å². The zero-order chi connectivity index (χ0) is 22.8. The van der Waals surface area contributed by atoms with E-state index in [9.17, 15) is 9.59 Å². The SMILES string of the molecule is Cc1cc(Br)cc2c(C(=O)OCC(=O)c3ccc(Cl)cc3Cl)cc(-c3ccccc3)nc12. The molecule has 3 aromatic carbocycles. The number of fused-ring (bicyclic) bond motifs is 1. The van der Waals surface area contributed by atoms with Crippen LogP contribution in [0.4, 0.5) is 0 Å². The van der Waals surface area contributed by atoms with Crippen molar-refractivity contribution < 1.29 is 14.3 Å². The number of Topliss-reactive ketones (excluding diaryl/α,β-unsaturated/α-hetero) is 1. The van der Waals surface area contributed by atoms with E-state index in [1.807, 2.05) is 49.4 Å². The maximum atomic E-state index is 13.1. The summed E-state index contributed by atoms with van der Waals surface area (Å²) in [5, 5.41) is 1.26. The van der Waals surface area contributed by atoms with E-state index < -0.39 is 18.4 Å². The maximum absolute atomic E-state index is 13.1. The van der Waals surface area contributed by atoms with Crippen molar-refractivity contribution in [1.29, 1.82) is 0 Å². The Morgan fingerprint density at radius 1 is 0.969 bits per heavy atom. The number of rotatable bonds is 5. The number of hydrogen-bond acceptors (Lipinski definition) is 4.